The van der Waals surface area contributed by atoms with Gasteiger partial charge in [-0.15, -0.1) is 10.2 Å². The van der Waals surface area contributed by atoms with Crippen LogP contribution in [0.1, 0.15) is 23.9 Å². The molecule has 0 saturated heterocycles. The highest BCUT2D eigenvalue weighted by Crippen LogP contribution is 2.32. The van der Waals surface area contributed by atoms with Crippen molar-refractivity contribution in [1.29, 1.82) is 0 Å². The van der Waals surface area contributed by atoms with Gasteiger partial charge in [0.1, 0.15) is 17.3 Å². The molecule has 0 atom stereocenters. The van der Waals surface area contributed by atoms with E-state index in [1.165, 1.54) is 17.8 Å². The molecule has 154 valence electrons. The fourth-order valence-corrected chi connectivity index (χ4v) is 4.21. The van der Waals surface area contributed by atoms with Crippen molar-refractivity contribution in [3.63, 3.8) is 0 Å². The van der Waals surface area contributed by atoms with Crippen LogP contribution in [0.4, 0.5) is 4.39 Å². The quantitative estimate of drug-likeness (QED) is 0.372. The zero-order valence-corrected chi connectivity index (χ0v) is 17.7. The number of aromatic nitrogens is 4. The second-order valence-electron chi connectivity index (χ2n) is 6.64. The van der Waals surface area contributed by atoms with E-state index in [9.17, 15) is 4.39 Å². The van der Waals surface area contributed by atoms with Gasteiger partial charge in [-0.3, -0.25) is 4.57 Å². The van der Waals surface area contributed by atoms with Crippen molar-refractivity contribution in [2.24, 2.45) is 0 Å². The molecule has 2 aromatic heterocycles. The summed E-state index contributed by atoms with van der Waals surface area (Å²) in [5, 5.41) is 13.3. The van der Waals surface area contributed by atoms with Crippen LogP contribution < -0.4 is 4.74 Å². The monoisotopic (exact) mass is 424 g/mol. The normalized spacial score (nSPS) is 11.1. The molecule has 8 heteroatoms. The van der Waals surface area contributed by atoms with Crippen molar-refractivity contribution in [3.05, 3.63) is 71.4 Å². The summed E-state index contributed by atoms with van der Waals surface area (Å²) in [5.74, 6) is 2.35. The van der Waals surface area contributed by atoms with E-state index in [4.69, 9.17) is 9.26 Å². The molecule has 2 heterocycles. The lowest BCUT2D eigenvalue weighted by Crippen LogP contribution is -2.02. The molecule has 0 N–H and O–H groups in total. The van der Waals surface area contributed by atoms with Gasteiger partial charge in [-0.1, -0.05) is 29.1 Å². The summed E-state index contributed by atoms with van der Waals surface area (Å²) >= 11 is 1.46. The Balaban J connectivity index is 1.74. The standard InChI is InChI=1S/C22H21FN4O2S/c1-4-28-17-11-9-16(10-12-17)21-24-25-22(27(21)20-8-6-5-7-19(20)23)30-13-18-14(2)26-29-15(18)3/h5-12H,4,13H2,1-3H3. The van der Waals surface area contributed by atoms with Gasteiger partial charge in [0.25, 0.3) is 0 Å². The molecular weight excluding hydrogens is 403 g/mol. The van der Waals surface area contributed by atoms with Crippen molar-refractivity contribution in [1.82, 2.24) is 19.9 Å². The second kappa shape index (κ2) is 8.71. The highest BCUT2D eigenvalue weighted by Gasteiger charge is 2.20. The van der Waals surface area contributed by atoms with Gasteiger partial charge in [-0.25, -0.2) is 4.39 Å². The number of thioether (sulfide) groups is 1. The number of nitrogens with zero attached hydrogens (tertiary/aromatic N) is 4. The number of para-hydroxylation sites is 1. The van der Waals surface area contributed by atoms with Crippen LogP contribution >= 0.6 is 11.8 Å². The topological polar surface area (TPSA) is 66.0 Å². The van der Waals surface area contributed by atoms with Gasteiger partial charge in [-0.05, 0) is 57.2 Å². The summed E-state index contributed by atoms with van der Waals surface area (Å²) in [5.41, 5.74) is 3.06. The van der Waals surface area contributed by atoms with Crippen molar-refractivity contribution in [2.75, 3.05) is 6.61 Å². The first kappa shape index (κ1) is 20.2. The zero-order valence-electron chi connectivity index (χ0n) is 16.9. The predicted molar refractivity (Wildman–Crippen MR) is 113 cm³/mol. The largest absolute Gasteiger partial charge is 0.494 e. The Labute approximate surface area is 178 Å². The van der Waals surface area contributed by atoms with Crippen LogP contribution in [0.25, 0.3) is 17.1 Å². The fourth-order valence-electron chi connectivity index (χ4n) is 3.11. The van der Waals surface area contributed by atoms with Gasteiger partial charge in [0.05, 0.1) is 18.0 Å². The lowest BCUT2D eigenvalue weighted by atomic mass is 10.2. The Morgan fingerprint density at radius 1 is 1.07 bits per heavy atom. The Hall–Kier alpha value is -3.13. The molecule has 0 unspecified atom stereocenters. The molecule has 0 saturated carbocycles. The molecule has 0 fully saturated rings. The van der Waals surface area contributed by atoms with E-state index in [2.05, 4.69) is 15.4 Å². The molecule has 4 rings (SSSR count). The smallest absolute Gasteiger partial charge is 0.196 e. The van der Waals surface area contributed by atoms with Crippen molar-refractivity contribution >= 4 is 11.8 Å². The third-order valence-electron chi connectivity index (χ3n) is 4.68. The fraction of sp³-hybridized carbons (Fsp3) is 0.227. The van der Waals surface area contributed by atoms with Gasteiger partial charge >= 0.3 is 0 Å². The number of ether oxygens (including phenoxy) is 1. The summed E-state index contributed by atoms with van der Waals surface area (Å²) in [6, 6.07) is 14.1. The number of hydrogen-bond acceptors (Lipinski definition) is 6. The Bertz CT molecular complexity index is 1130. The average Bonchev–Trinajstić information content (AvgIpc) is 3.31. The van der Waals surface area contributed by atoms with Crippen LogP contribution in [0.2, 0.25) is 0 Å². The number of aryl methyl sites for hydroxylation is 2. The molecule has 0 bridgehead atoms. The minimum absolute atomic E-state index is 0.344. The van der Waals surface area contributed by atoms with Crippen molar-refractivity contribution in [3.8, 4) is 22.8 Å². The first-order chi connectivity index (χ1) is 14.6. The summed E-state index contributed by atoms with van der Waals surface area (Å²) in [6.45, 7) is 6.31. The minimum Gasteiger partial charge on any atom is -0.494 e. The third-order valence-corrected chi connectivity index (χ3v) is 5.63. The molecule has 0 aliphatic heterocycles. The van der Waals surface area contributed by atoms with E-state index in [0.29, 0.717) is 29.0 Å². The number of benzene rings is 2. The van der Waals surface area contributed by atoms with E-state index >= 15 is 0 Å². The highest BCUT2D eigenvalue weighted by atomic mass is 32.2. The average molecular weight is 425 g/mol. The highest BCUT2D eigenvalue weighted by molar-refractivity contribution is 7.98. The summed E-state index contributed by atoms with van der Waals surface area (Å²) in [6.07, 6.45) is 0. The van der Waals surface area contributed by atoms with Crippen LogP contribution in [0, 0.1) is 19.7 Å². The summed E-state index contributed by atoms with van der Waals surface area (Å²) in [4.78, 5) is 0. The SMILES string of the molecule is CCOc1ccc(-c2nnc(SCc3c(C)noc3C)n2-c2ccccc2F)cc1. The van der Waals surface area contributed by atoms with Crippen LogP contribution in [0.15, 0.2) is 58.2 Å². The number of rotatable bonds is 7. The Morgan fingerprint density at radius 3 is 2.50 bits per heavy atom. The molecule has 0 spiro atoms. The molecule has 0 amide bonds. The molecule has 0 radical (unpaired) electrons. The van der Waals surface area contributed by atoms with E-state index < -0.39 is 0 Å². The molecule has 0 aliphatic rings. The Kier molecular flexibility index (Phi) is 5.85. The third kappa shape index (κ3) is 3.95. The Morgan fingerprint density at radius 2 is 1.83 bits per heavy atom. The van der Waals surface area contributed by atoms with Crippen LogP contribution in [-0.4, -0.2) is 26.5 Å². The molecule has 0 aliphatic carbocycles. The molecule has 4 aromatic rings. The van der Waals surface area contributed by atoms with Gasteiger partial charge in [0.2, 0.25) is 0 Å². The van der Waals surface area contributed by atoms with Crippen LogP contribution in [-0.2, 0) is 5.75 Å². The molecule has 6 nitrogen and oxygen atoms in total. The van der Waals surface area contributed by atoms with Gasteiger partial charge in [0, 0.05) is 16.9 Å². The van der Waals surface area contributed by atoms with Crippen LogP contribution in [0.3, 0.4) is 0 Å². The maximum Gasteiger partial charge on any atom is 0.196 e. The maximum absolute atomic E-state index is 14.7. The summed E-state index contributed by atoms with van der Waals surface area (Å²) in [7, 11) is 0. The predicted octanol–water partition coefficient (Wildman–Crippen LogP) is 5.37. The zero-order chi connectivity index (χ0) is 21.1. The second-order valence-corrected chi connectivity index (χ2v) is 7.58. The lowest BCUT2D eigenvalue weighted by molar-refractivity contribution is 0.340. The van der Waals surface area contributed by atoms with Crippen molar-refractivity contribution < 1.29 is 13.7 Å². The lowest BCUT2D eigenvalue weighted by Gasteiger charge is -2.11. The first-order valence-corrected chi connectivity index (χ1v) is 10.5. The van der Waals surface area contributed by atoms with E-state index in [1.807, 2.05) is 45.0 Å². The van der Waals surface area contributed by atoms with Gasteiger partial charge in [-0.2, -0.15) is 0 Å². The van der Waals surface area contributed by atoms with E-state index in [0.717, 1.165) is 28.3 Å². The maximum atomic E-state index is 14.7. The summed E-state index contributed by atoms with van der Waals surface area (Å²) < 4.78 is 27.2. The van der Waals surface area contributed by atoms with E-state index in [-0.39, 0.29) is 5.82 Å². The number of halogens is 1. The van der Waals surface area contributed by atoms with Crippen LogP contribution in [0.5, 0.6) is 5.75 Å². The molecule has 30 heavy (non-hydrogen) atoms. The molecule has 2 aromatic carbocycles. The van der Waals surface area contributed by atoms with Gasteiger partial charge in [0.15, 0.2) is 11.0 Å². The van der Waals surface area contributed by atoms with Gasteiger partial charge < -0.3 is 9.26 Å². The minimum atomic E-state index is -0.344. The number of hydrogen-bond donors (Lipinski definition) is 0. The first-order valence-electron chi connectivity index (χ1n) is 9.56. The van der Waals surface area contributed by atoms with E-state index in [1.54, 1.807) is 22.8 Å². The molecular formula is C22H21FN4O2S. The van der Waals surface area contributed by atoms with Crippen molar-refractivity contribution in [2.45, 2.75) is 31.7 Å².